The van der Waals surface area contributed by atoms with Crippen molar-refractivity contribution in [3.63, 3.8) is 0 Å². The Bertz CT molecular complexity index is 1250. The lowest BCUT2D eigenvalue weighted by Gasteiger charge is -2.39. The van der Waals surface area contributed by atoms with Crippen LogP contribution in [0.5, 0.6) is 11.5 Å². The molecule has 0 bridgehead atoms. The first-order valence-electron chi connectivity index (χ1n) is 13.1. The highest BCUT2D eigenvalue weighted by atomic mass is 19.1. The minimum absolute atomic E-state index is 0.275. The summed E-state index contributed by atoms with van der Waals surface area (Å²) in [6.45, 7) is 5.47. The van der Waals surface area contributed by atoms with Crippen LogP contribution in [0.1, 0.15) is 62.3 Å². The van der Waals surface area contributed by atoms with Crippen LogP contribution in [-0.2, 0) is 17.9 Å². The normalized spacial score (nSPS) is 18.7. The maximum absolute atomic E-state index is 15.0. The van der Waals surface area contributed by atoms with E-state index in [1.165, 1.54) is 12.5 Å². The maximum atomic E-state index is 15.0. The fraction of sp³-hybridized carbons (Fsp3) is 0.387. The van der Waals surface area contributed by atoms with Gasteiger partial charge < -0.3 is 19.7 Å². The number of aliphatic carboxylic acids is 1. The molecule has 6 nitrogen and oxygen atoms in total. The quantitative estimate of drug-likeness (QED) is 0.324. The molecule has 202 valence electrons. The predicted octanol–water partition coefficient (Wildman–Crippen LogP) is 6.35. The molecule has 1 aliphatic rings. The van der Waals surface area contributed by atoms with Crippen molar-refractivity contribution >= 4 is 5.97 Å². The van der Waals surface area contributed by atoms with Crippen LogP contribution >= 0.6 is 0 Å². The molecule has 1 fully saturated rings. The minimum atomic E-state index is -1.10. The third-order valence-electron chi connectivity index (χ3n) is 7.38. The van der Waals surface area contributed by atoms with Gasteiger partial charge in [0.2, 0.25) is 0 Å². The lowest BCUT2D eigenvalue weighted by molar-refractivity contribution is -0.139. The number of carboxylic acid groups (broad SMARTS) is 1. The summed E-state index contributed by atoms with van der Waals surface area (Å²) in [4.78, 5) is 13.4. The van der Waals surface area contributed by atoms with E-state index in [2.05, 4.69) is 24.8 Å². The van der Waals surface area contributed by atoms with Crippen LogP contribution in [0, 0.1) is 5.82 Å². The molecule has 3 atom stereocenters. The van der Waals surface area contributed by atoms with E-state index in [1.54, 1.807) is 43.5 Å². The summed E-state index contributed by atoms with van der Waals surface area (Å²) in [5, 5.41) is 19.1. The summed E-state index contributed by atoms with van der Waals surface area (Å²) in [7, 11) is 1.57. The lowest BCUT2D eigenvalue weighted by Crippen LogP contribution is -2.43. The zero-order chi connectivity index (χ0) is 27.2. The Kier molecular flexibility index (Phi) is 9.02. The number of hydrogen-bond acceptors (Lipinski definition) is 5. The Morgan fingerprint density at radius 2 is 1.79 bits per heavy atom. The number of aliphatic hydroxyl groups is 1. The Morgan fingerprint density at radius 3 is 2.50 bits per heavy atom. The summed E-state index contributed by atoms with van der Waals surface area (Å²) < 4.78 is 26.4. The van der Waals surface area contributed by atoms with Gasteiger partial charge in [-0.25, -0.2) is 4.39 Å². The van der Waals surface area contributed by atoms with Crippen LogP contribution in [-0.4, -0.2) is 40.3 Å². The molecule has 0 spiro atoms. The first-order valence-corrected chi connectivity index (χ1v) is 13.1. The van der Waals surface area contributed by atoms with Crippen LogP contribution in [0.2, 0.25) is 0 Å². The van der Waals surface area contributed by atoms with Crippen LogP contribution in [0.3, 0.4) is 0 Å². The van der Waals surface area contributed by atoms with Gasteiger partial charge in [-0.15, -0.1) is 0 Å². The van der Waals surface area contributed by atoms with E-state index in [-0.39, 0.29) is 18.8 Å². The Morgan fingerprint density at radius 1 is 1.03 bits per heavy atom. The van der Waals surface area contributed by atoms with Crippen LogP contribution in [0.25, 0.3) is 11.1 Å². The van der Waals surface area contributed by atoms with Crippen molar-refractivity contribution in [3.05, 3.63) is 83.2 Å². The Labute approximate surface area is 223 Å². The number of methoxy groups -OCH3 is 1. The number of likely N-dealkylation sites (tertiary alicyclic amines) is 1. The number of halogens is 1. The van der Waals surface area contributed by atoms with Gasteiger partial charge in [-0.3, -0.25) is 9.69 Å². The number of carbonyl (C=O) groups is 1. The summed E-state index contributed by atoms with van der Waals surface area (Å²) >= 11 is 0. The van der Waals surface area contributed by atoms with Gasteiger partial charge in [0, 0.05) is 24.2 Å². The van der Waals surface area contributed by atoms with E-state index in [4.69, 9.17) is 14.6 Å². The first-order chi connectivity index (χ1) is 18.2. The number of rotatable bonds is 10. The lowest BCUT2D eigenvalue weighted by atomic mass is 9.93. The molecule has 0 aliphatic carbocycles. The minimum Gasteiger partial charge on any atom is -0.497 e. The van der Waals surface area contributed by atoms with Crippen LogP contribution in [0.4, 0.5) is 4.39 Å². The molecular formula is C31H36FNO5. The highest BCUT2D eigenvalue weighted by molar-refractivity contribution is 5.70. The van der Waals surface area contributed by atoms with E-state index < -0.39 is 12.1 Å². The molecule has 0 unspecified atom stereocenters. The third-order valence-corrected chi connectivity index (χ3v) is 7.38. The van der Waals surface area contributed by atoms with Crippen LogP contribution in [0.15, 0.2) is 60.7 Å². The van der Waals surface area contributed by atoms with Crippen molar-refractivity contribution in [3.8, 4) is 22.6 Å². The summed E-state index contributed by atoms with van der Waals surface area (Å²) in [6, 6.07) is 18.5. The average molecular weight is 522 g/mol. The second-order valence-corrected chi connectivity index (χ2v) is 10.1. The zero-order valence-corrected chi connectivity index (χ0v) is 22.2. The Balaban J connectivity index is 1.62. The number of hydrogen-bond donors (Lipinski definition) is 2. The molecule has 1 heterocycles. The molecule has 7 heteroatoms. The summed E-state index contributed by atoms with van der Waals surface area (Å²) in [5.41, 5.74) is 3.77. The smallest absolute Gasteiger partial charge is 0.306 e. The predicted molar refractivity (Wildman–Crippen MR) is 145 cm³/mol. The van der Waals surface area contributed by atoms with Gasteiger partial charge in [0.25, 0.3) is 0 Å². The van der Waals surface area contributed by atoms with Gasteiger partial charge in [-0.1, -0.05) is 36.8 Å². The zero-order valence-electron chi connectivity index (χ0n) is 22.2. The van der Waals surface area contributed by atoms with Gasteiger partial charge >= 0.3 is 5.97 Å². The molecule has 1 saturated heterocycles. The van der Waals surface area contributed by atoms with Crippen LogP contribution < -0.4 is 9.47 Å². The van der Waals surface area contributed by atoms with Crippen molar-refractivity contribution in [1.29, 1.82) is 0 Å². The molecule has 0 radical (unpaired) electrons. The van der Waals surface area contributed by atoms with Gasteiger partial charge in [0.1, 0.15) is 23.9 Å². The van der Waals surface area contributed by atoms with Crippen molar-refractivity contribution in [1.82, 2.24) is 4.90 Å². The molecular weight excluding hydrogens is 485 g/mol. The second kappa shape index (κ2) is 12.4. The number of piperidine rings is 1. The van der Waals surface area contributed by atoms with Crippen molar-refractivity contribution in [2.45, 2.75) is 70.9 Å². The monoisotopic (exact) mass is 521 g/mol. The summed E-state index contributed by atoms with van der Waals surface area (Å²) in [6.07, 6.45) is 2.01. The van der Waals surface area contributed by atoms with Gasteiger partial charge in [0.15, 0.2) is 0 Å². The second-order valence-electron chi connectivity index (χ2n) is 10.1. The number of carboxylic acids is 1. The highest BCUT2D eigenvalue weighted by Crippen LogP contribution is 2.34. The number of aliphatic hydroxyl groups excluding tert-OH is 1. The molecule has 2 N–H and O–H groups in total. The number of ether oxygens (including phenoxy) is 2. The van der Waals surface area contributed by atoms with Gasteiger partial charge in [-0.2, -0.15) is 0 Å². The molecule has 3 aromatic carbocycles. The highest BCUT2D eigenvalue weighted by Gasteiger charge is 2.26. The summed E-state index contributed by atoms with van der Waals surface area (Å²) in [5.74, 6) is -0.229. The van der Waals surface area contributed by atoms with E-state index in [0.717, 1.165) is 29.5 Å². The number of benzene rings is 3. The third kappa shape index (κ3) is 6.71. The molecule has 1 aliphatic heterocycles. The average Bonchev–Trinajstić information content (AvgIpc) is 2.90. The fourth-order valence-corrected chi connectivity index (χ4v) is 5.21. The van der Waals surface area contributed by atoms with E-state index in [1.807, 2.05) is 12.1 Å². The topological polar surface area (TPSA) is 79.2 Å². The van der Waals surface area contributed by atoms with Crippen molar-refractivity contribution < 1.29 is 28.9 Å². The molecule has 4 rings (SSSR count). The molecule has 0 aromatic heterocycles. The van der Waals surface area contributed by atoms with Gasteiger partial charge in [0.05, 0.1) is 19.6 Å². The van der Waals surface area contributed by atoms with Crippen molar-refractivity contribution in [2.75, 3.05) is 7.11 Å². The van der Waals surface area contributed by atoms with Gasteiger partial charge in [-0.05, 0) is 79.3 Å². The Hall–Kier alpha value is -3.42. The molecule has 0 saturated carbocycles. The standard InChI is InChI=1S/C31H36FNO5/c1-20-6-4-7-21(2)33(20)18-24-14-22(10-12-27(24)28-16-25(37-3)11-13-29(28)32)19-38-26-9-5-8-23(15-26)30(34)17-31(35)36/h5,8-16,20-21,30,34H,4,6-7,17-19H2,1-3H3,(H,35,36)/t20-,21+,30-/m1/s1. The van der Waals surface area contributed by atoms with E-state index >= 15 is 4.39 Å². The molecule has 38 heavy (non-hydrogen) atoms. The number of nitrogens with zero attached hydrogens (tertiary/aromatic N) is 1. The van der Waals surface area contributed by atoms with E-state index in [9.17, 15) is 9.90 Å². The molecule has 0 amide bonds. The SMILES string of the molecule is COc1ccc(F)c(-c2ccc(COc3cccc([C@H](O)CC(=O)O)c3)cc2CN2[C@H](C)CCC[C@@H]2C)c1. The maximum Gasteiger partial charge on any atom is 0.306 e. The van der Waals surface area contributed by atoms with E-state index in [0.29, 0.717) is 41.3 Å². The fourth-order valence-electron chi connectivity index (χ4n) is 5.21. The molecule has 3 aromatic rings. The largest absolute Gasteiger partial charge is 0.497 e. The first kappa shape index (κ1) is 27.6. The van der Waals surface area contributed by atoms with Crippen molar-refractivity contribution in [2.24, 2.45) is 0 Å².